The fourth-order valence-electron chi connectivity index (χ4n) is 2.84. The maximum atomic E-state index is 12.2. The zero-order chi connectivity index (χ0) is 16.4. The predicted molar refractivity (Wildman–Crippen MR) is 93.4 cm³/mol. The highest BCUT2D eigenvalue weighted by Gasteiger charge is 2.22. The summed E-state index contributed by atoms with van der Waals surface area (Å²) in [6.07, 6.45) is 2.14. The van der Waals surface area contributed by atoms with Crippen LogP contribution in [0.25, 0.3) is 11.3 Å². The van der Waals surface area contributed by atoms with Gasteiger partial charge < -0.3 is 9.32 Å². The summed E-state index contributed by atoms with van der Waals surface area (Å²) in [6, 6.07) is 11.4. The van der Waals surface area contributed by atoms with Gasteiger partial charge >= 0.3 is 5.63 Å². The van der Waals surface area contributed by atoms with Crippen LogP contribution in [0.5, 0.6) is 0 Å². The lowest BCUT2D eigenvalue weighted by Crippen LogP contribution is -2.34. The fraction of sp³-hybridized carbons (Fsp3) is 0.333. The largest absolute Gasteiger partial charge is 0.422 e. The van der Waals surface area contributed by atoms with E-state index in [1.807, 2.05) is 36.4 Å². The Morgan fingerprint density at radius 1 is 1.26 bits per heavy atom. The summed E-state index contributed by atoms with van der Waals surface area (Å²) in [5.41, 5.74) is 1.04. The minimum atomic E-state index is -0.568. The fourth-order valence-corrected chi connectivity index (χ4v) is 3.10. The molecule has 0 aliphatic carbocycles. The van der Waals surface area contributed by atoms with Crippen LogP contribution in [0.15, 0.2) is 44.0 Å². The highest BCUT2D eigenvalue weighted by Crippen LogP contribution is 2.29. The van der Waals surface area contributed by atoms with E-state index in [4.69, 9.17) is 4.42 Å². The van der Waals surface area contributed by atoms with Gasteiger partial charge in [0.05, 0.1) is 5.69 Å². The lowest BCUT2D eigenvalue weighted by Gasteiger charge is -2.32. The molecule has 0 amide bonds. The van der Waals surface area contributed by atoms with Gasteiger partial charge in [-0.3, -0.25) is 0 Å². The molecule has 0 radical (unpaired) electrons. The Balaban J connectivity index is 2.05. The number of nitriles is 1. The third-order valence-corrected chi connectivity index (χ3v) is 4.82. The van der Waals surface area contributed by atoms with E-state index in [0.29, 0.717) is 17.4 Å². The number of piperidine rings is 1. The van der Waals surface area contributed by atoms with Crippen LogP contribution in [-0.4, -0.2) is 13.1 Å². The average Bonchev–Trinajstić information content (AvgIpc) is 2.55. The van der Waals surface area contributed by atoms with Crippen LogP contribution in [0, 0.1) is 17.2 Å². The van der Waals surface area contributed by atoms with Gasteiger partial charge in [0.15, 0.2) is 5.56 Å². The number of rotatable bonds is 2. The van der Waals surface area contributed by atoms with Crippen LogP contribution in [-0.2, 0) is 0 Å². The van der Waals surface area contributed by atoms with Crippen LogP contribution < -0.4 is 10.5 Å². The number of hydrogen-bond acceptors (Lipinski definition) is 4. The highest BCUT2D eigenvalue weighted by molar-refractivity contribution is 9.10. The third-order valence-electron chi connectivity index (χ3n) is 4.30. The summed E-state index contributed by atoms with van der Waals surface area (Å²) in [5.74, 6) is 1.18. The molecule has 0 bridgehead atoms. The van der Waals surface area contributed by atoms with E-state index in [1.54, 1.807) is 0 Å². The monoisotopic (exact) mass is 372 g/mol. The summed E-state index contributed by atoms with van der Waals surface area (Å²) in [5, 5.41) is 9.34. The van der Waals surface area contributed by atoms with E-state index < -0.39 is 5.63 Å². The first kappa shape index (κ1) is 15.8. The number of nitrogens with zero attached hydrogens (tertiary/aromatic N) is 2. The van der Waals surface area contributed by atoms with Crippen LogP contribution in [0.2, 0.25) is 0 Å². The molecule has 2 heterocycles. The first-order chi connectivity index (χ1) is 11.1. The van der Waals surface area contributed by atoms with Crippen molar-refractivity contribution in [1.29, 1.82) is 5.26 Å². The molecule has 4 nitrogen and oxygen atoms in total. The van der Waals surface area contributed by atoms with Gasteiger partial charge in [0.2, 0.25) is 0 Å². The SMILES string of the molecule is CC1CCN(c2cc(-c3ccc(Br)cc3)oc(=O)c2C#N)CC1. The van der Waals surface area contributed by atoms with Gasteiger partial charge in [-0.05, 0) is 30.9 Å². The second kappa shape index (κ2) is 6.59. The van der Waals surface area contributed by atoms with Crippen molar-refractivity contribution in [2.45, 2.75) is 19.8 Å². The van der Waals surface area contributed by atoms with Crippen molar-refractivity contribution in [3.05, 3.63) is 50.8 Å². The van der Waals surface area contributed by atoms with Gasteiger partial charge in [0.1, 0.15) is 11.8 Å². The Morgan fingerprint density at radius 2 is 1.91 bits per heavy atom. The maximum Gasteiger partial charge on any atom is 0.356 e. The molecule has 1 aliphatic rings. The van der Waals surface area contributed by atoms with Crippen LogP contribution in [0.3, 0.4) is 0 Å². The summed E-state index contributed by atoms with van der Waals surface area (Å²) < 4.78 is 6.32. The van der Waals surface area contributed by atoms with Crippen molar-refractivity contribution in [1.82, 2.24) is 0 Å². The third kappa shape index (κ3) is 3.32. The lowest BCUT2D eigenvalue weighted by atomic mass is 9.98. The minimum absolute atomic E-state index is 0.0976. The van der Waals surface area contributed by atoms with Crippen LogP contribution in [0.4, 0.5) is 5.69 Å². The Kier molecular flexibility index (Phi) is 4.53. The van der Waals surface area contributed by atoms with Crippen LogP contribution in [0.1, 0.15) is 25.3 Å². The molecule has 1 aromatic heterocycles. The molecular weight excluding hydrogens is 356 g/mol. The van der Waals surface area contributed by atoms with Crippen molar-refractivity contribution < 1.29 is 4.42 Å². The van der Waals surface area contributed by atoms with Gasteiger partial charge in [-0.2, -0.15) is 5.26 Å². The molecule has 1 saturated heterocycles. The normalized spacial score (nSPS) is 15.4. The molecule has 0 unspecified atom stereocenters. The molecule has 1 fully saturated rings. The second-order valence-corrected chi connectivity index (χ2v) is 6.86. The molecular formula is C18H17BrN2O2. The minimum Gasteiger partial charge on any atom is -0.422 e. The zero-order valence-electron chi connectivity index (χ0n) is 12.9. The first-order valence-corrected chi connectivity index (χ1v) is 8.47. The maximum absolute atomic E-state index is 12.2. The Bertz CT molecular complexity index is 797. The van der Waals surface area contributed by atoms with Crippen molar-refractivity contribution in [2.24, 2.45) is 5.92 Å². The standard InChI is InChI=1S/C18H17BrN2O2/c1-12-6-8-21(9-7-12)16-10-17(23-18(22)15(16)11-20)13-2-4-14(19)5-3-13/h2-5,10,12H,6-9H2,1H3. The smallest absolute Gasteiger partial charge is 0.356 e. The molecule has 0 saturated carbocycles. The van der Waals surface area contributed by atoms with E-state index in [-0.39, 0.29) is 5.56 Å². The van der Waals surface area contributed by atoms with E-state index in [1.165, 1.54) is 0 Å². The molecule has 1 aliphatic heterocycles. The number of hydrogen-bond donors (Lipinski definition) is 0. The number of anilines is 1. The number of halogens is 1. The lowest BCUT2D eigenvalue weighted by molar-refractivity contribution is 0.436. The van der Waals surface area contributed by atoms with E-state index in [0.717, 1.165) is 36.0 Å². The summed E-state index contributed by atoms with van der Waals surface area (Å²) in [6.45, 7) is 3.95. The molecule has 0 atom stereocenters. The summed E-state index contributed by atoms with van der Waals surface area (Å²) in [7, 11) is 0. The Morgan fingerprint density at radius 3 is 2.52 bits per heavy atom. The van der Waals surface area contributed by atoms with Crippen LogP contribution >= 0.6 is 15.9 Å². The average molecular weight is 373 g/mol. The topological polar surface area (TPSA) is 57.2 Å². The zero-order valence-corrected chi connectivity index (χ0v) is 14.5. The quantitative estimate of drug-likeness (QED) is 0.793. The molecule has 23 heavy (non-hydrogen) atoms. The van der Waals surface area contributed by atoms with Crippen molar-refractivity contribution >= 4 is 21.6 Å². The molecule has 0 N–H and O–H groups in total. The first-order valence-electron chi connectivity index (χ1n) is 7.67. The molecule has 5 heteroatoms. The molecule has 1 aromatic carbocycles. The van der Waals surface area contributed by atoms with Gasteiger partial charge in [-0.15, -0.1) is 0 Å². The van der Waals surface area contributed by atoms with Gasteiger partial charge in [0.25, 0.3) is 0 Å². The van der Waals surface area contributed by atoms with Gasteiger partial charge in [0, 0.05) is 29.2 Å². The van der Waals surface area contributed by atoms with E-state index in [9.17, 15) is 10.1 Å². The summed E-state index contributed by atoms with van der Waals surface area (Å²) >= 11 is 3.39. The van der Waals surface area contributed by atoms with Crippen molar-refractivity contribution in [2.75, 3.05) is 18.0 Å². The second-order valence-electron chi connectivity index (χ2n) is 5.95. The highest BCUT2D eigenvalue weighted by atomic mass is 79.9. The Hall–Kier alpha value is -2.06. The molecule has 0 spiro atoms. The van der Waals surface area contributed by atoms with Crippen molar-refractivity contribution in [3.63, 3.8) is 0 Å². The molecule has 2 aromatic rings. The van der Waals surface area contributed by atoms with Crippen molar-refractivity contribution in [3.8, 4) is 17.4 Å². The molecule has 3 rings (SSSR count). The van der Waals surface area contributed by atoms with Gasteiger partial charge in [-0.1, -0.05) is 35.0 Å². The number of benzene rings is 1. The molecule has 118 valence electrons. The Labute approximate surface area is 143 Å². The van der Waals surface area contributed by atoms with Gasteiger partial charge in [-0.25, -0.2) is 4.79 Å². The summed E-state index contributed by atoms with van der Waals surface area (Å²) in [4.78, 5) is 14.3. The predicted octanol–water partition coefficient (Wildman–Crippen LogP) is 4.18. The van der Waals surface area contributed by atoms with E-state index >= 15 is 0 Å². The van der Waals surface area contributed by atoms with E-state index in [2.05, 4.69) is 27.8 Å².